The molecule has 1 aromatic heterocycles. The summed E-state index contributed by atoms with van der Waals surface area (Å²) in [6.07, 6.45) is 3.01. The molecule has 3 aromatic carbocycles. The summed E-state index contributed by atoms with van der Waals surface area (Å²) in [4.78, 5) is 12.5. The molecule has 0 radical (unpaired) electrons. The van der Waals surface area contributed by atoms with Gasteiger partial charge in [0.25, 0.3) is 0 Å². The molecular formula is C37H32Cl3N5O3. The van der Waals surface area contributed by atoms with E-state index in [9.17, 15) is 0 Å². The number of aryl methyl sites for hydroxylation is 1. The number of aliphatic imine (C=N–C) groups is 1. The zero-order chi connectivity index (χ0) is 33.5. The molecular weight excluding hydrogens is 669 g/mol. The first kappa shape index (κ1) is 32.1. The van der Waals surface area contributed by atoms with Gasteiger partial charge in [0, 0.05) is 39.0 Å². The Morgan fingerprint density at radius 1 is 0.938 bits per heavy atom. The van der Waals surface area contributed by atoms with Crippen molar-refractivity contribution in [3.8, 4) is 22.9 Å². The highest BCUT2D eigenvalue weighted by Crippen LogP contribution is 2.48. The SMILES string of the molecule is CCN(CCOc1ccc(OC)cc1)c1ccc(N=C2C3=C4C(Cl)=CC=C(Cl)C4OC(C)=C3c3nc(-c4ccc(Cl)cc4)nn32)c(C)c1. The number of anilines is 1. The lowest BCUT2D eigenvalue weighted by Gasteiger charge is -2.30. The van der Waals surface area contributed by atoms with Crippen molar-refractivity contribution in [1.29, 1.82) is 0 Å². The summed E-state index contributed by atoms with van der Waals surface area (Å²) in [6.45, 7) is 8.17. The van der Waals surface area contributed by atoms with Crippen LogP contribution in [0.2, 0.25) is 5.02 Å². The minimum Gasteiger partial charge on any atom is -0.497 e. The summed E-state index contributed by atoms with van der Waals surface area (Å²) in [5.41, 5.74) is 6.04. The van der Waals surface area contributed by atoms with Crippen molar-refractivity contribution in [2.45, 2.75) is 26.9 Å². The van der Waals surface area contributed by atoms with Crippen molar-refractivity contribution in [3.63, 3.8) is 0 Å². The molecule has 0 saturated carbocycles. The molecule has 0 amide bonds. The van der Waals surface area contributed by atoms with Gasteiger partial charge in [0.05, 0.1) is 29.9 Å². The minimum atomic E-state index is -0.546. The molecule has 3 heterocycles. The number of hydrogen-bond donors (Lipinski definition) is 0. The van der Waals surface area contributed by atoms with Crippen LogP contribution in [0.4, 0.5) is 11.4 Å². The van der Waals surface area contributed by atoms with Gasteiger partial charge in [0.2, 0.25) is 0 Å². The molecule has 0 saturated heterocycles. The topological polar surface area (TPSA) is 74.0 Å². The smallest absolute Gasteiger partial charge is 0.182 e. The van der Waals surface area contributed by atoms with Crippen LogP contribution in [-0.2, 0) is 4.74 Å². The fourth-order valence-corrected chi connectivity index (χ4v) is 6.65. The third-order valence-corrected chi connectivity index (χ3v) is 9.43. The van der Waals surface area contributed by atoms with E-state index in [1.165, 1.54) is 0 Å². The van der Waals surface area contributed by atoms with E-state index in [1.54, 1.807) is 23.9 Å². The van der Waals surface area contributed by atoms with Crippen LogP contribution in [0.15, 0.2) is 111 Å². The van der Waals surface area contributed by atoms with Gasteiger partial charge in [-0.15, -0.1) is 5.10 Å². The van der Waals surface area contributed by atoms with Crippen LogP contribution >= 0.6 is 34.8 Å². The van der Waals surface area contributed by atoms with Crippen molar-refractivity contribution in [3.05, 3.63) is 122 Å². The van der Waals surface area contributed by atoms with Gasteiger partial charge in [-0.1, -0.05) is 34.8 Å². The van der Waals surface area contributed by atoms with Crippen LogP contribution in [0, 0.1) is 6.92 Å². The molecule has 3 aliphatic rings. The Labute approximate surface area is 294 Å². The molecule has 0 fully saturated rings. The first-order chi connectivity index (χ1) is 23.2. The van der Waals surface area contributed by atoms with Crippen LogP contribution in [0.1, 0.15) is 25.2 Å². The second-order valence-electron chi connectivity index (χ2n) is 11.5. The molecule has 0 bridgehead atoms. The second kappa shape index (κ2) is 13.2. The Hall–Kier alpha value is -4.50. The average molecular weight is 701 g/mol. The number of halogens is 3. The normalized spacial score (nSPS) is 17.4. The number of hydrogen-bond acceptors (Lipinski definition) is 7. The molecule has 2 aliphatic heterocycles. The molecule has 11 heteroatoms. The van der Waals surface area contributed by atoms with Crippen LogP contribution in [-0.4, -0.2) is 53.5 Å². The van der Waals surface area contributed by atoms with Gasteiger partial charge in [-0.05, 0) is 105 Å². The Balaban J connectivity index is 1.25. The van der Waals surface area contributed by atoms with E-state index >= 15 is 0 Å². The summed E-state index contributed by atoms with van der Waals surface area (Å²) in [7, 11) is 1.65. The molecule has 0 N–H and O–H groups in total. The highest BCUT2D eigenvalue weighted by Gasteiger charge is 2.44. The lowest BCUT2D eigenvalue weighted by atomic mass is 9.90. The van der Waals surface area contributed by atoms with Crippen molar-refractivity contribution in [2.24, 2.45) is 4.99 Å². The van der Waals surface area contributed by atoms with E-state index in [0.29, 0.717) is 44.9 Å². The third kappa shape index (κ3) is 5.89. The largest absolute Gasteiger partial charge is 0.497 e. The minimum absolute atomic E-state index is 0.531. The second-order valence-corrected chi connectivity index (χ2v) is 12.8. The van der Waals surface area contributed by atoms with Gasteiger partial charge in [-0.2, -0.15) is 4.68 Å². The maximum Gasteiger partial charge on any atom is 0.182 e. The highest BCUT2D eigenvalue weighted by molar-refractivity contribution is 6.36. The van der Waals surface area contributed by atoms with Crippen molar-refractivity contribution in [1.82, 2.24) is 14.8 Å². The van der Waals surface area contributed by atoms with Crippen molar-refractivity contribution in [2.75, 3.05) is 31.7 Å². The number of nitrogens with zero attached hydrogens (tertiary/aromatic N) is 5. The molecule has 1 unspecified atom stereocenters. The van der Waals surface area contributed by atoms with Gasteiger partial charge < -0.3 is 19.1 Å². The number of allylic oxidation sites excluding steroid dienone is 5. The molecule has 1 atom stereocenters. The first-order valence-electron chi connectivity index (χ1n) is 15.6. The number of ether oxygens (including phenoxy) is 3. The summed E-state index contributed by atoms with van der Waals surface area (Å²) >= 11 is 19.7. The quantitative estimate of drug-likeness (QED) is 0.174. The first-order valence-corrected chi connectivity index (χ1v) is 16.7. The van der Waals surface area contributed by atoms with Gasteiger partial charge in [-0.3, -0.25) is 0 Å². The zero-order valence-electron chi connectivity index (χ0n) is 26.8. The zero-order valence-corrected chi connectivity index (χ0v) is 29.1. The van der Waals surface area contributed by atoms with Crippen LogP contribution < -0.4 is 14.4 Å². The lowest BCUT2D eigenvalue weighted by molar-refractivity contribution is 0.179. The maximum absolute atomic E-state index is 6.85. The van der Waals surface area contributed by atoms with E-state index < -0.39 is 6.10 Å². The van der Waals surface area contributed by atoms with E-state index in [2.05, 4.69) is 30.9 Å². The monoisotopic (exact) mass is 699 g/mol. The number of methoxy groups -OCH3 is 1. The van der Waals surface area contributed by atoms with Gasteiger partial charge in [0.1, 0.15) is 23.9 Å². The van der Waals surface area contributed by atoms with Crippen LogP contribution in [0.25, 0.3) is 17.0 Å². The van der Waals surface area contributed by atoms with Crippen molar-refractivity contribution >= 4 is 57.6 Å². The molecule has 244 valence electrons. The van der Waals surface area contributed by atoms with Crippen LogP contribution in [0.3, 0.4) is 0 Å². The Morgan fingerprint density at radius 2 is 1.69 bits per heavy atom. The van der Waals surface area contributed by atoms with Gasteiger partial charge in [-0.25, -0.2) is 9.98 Å². The number of rotatable bonds is 9. The summed E-state index contributed by atoms with van der Waals surface area (Å²) < 4.78 is 19.4. The maximum atomic E-state index is 6.85. The van der Waals surface area contributed by atoms with Crippen molar-refractivity contribution < 1.29 is 14.2 Å². The van der Waals surface area contributed by atoms with Gasteiger partial charge in [0.15, 0.2) is 23.6 Å². The fourth-order valence-electron chi connectivity index (χ4n) is 6.05. The predicted octanol–water partition coefficient (Wildman–Crippen LogP) is 9.10. The standard InChI is InChI=1S/C37H32Cl3N5O3/c1-5-44(18-19-47-27-13-11-26(46-4)12-14-27)25-10-17-30(21(2)20-25)41-37-33-31(22(3)48-34-29(40)16-15-28(39)32(33)34)36-42-35(43-45(36)37)23-6-8-24(38)9-7-23/h6-17,20,34H,5,18-19H2,1-4H3. The molecule has 8 nitrogen and oxygen atoms in total. The average Bonchev–Trinajstić information content (AvgIpc) is 3.65. The molecule has 4 aromatic rings. The van der Waals surface area contributed by atoms with E-state index in [1.807, 2.05) is 61.5 Å². The highest BCUT2D eigenvalue weighted by atomic mass is 35.5. The van der Waals surface area contributed by atoms with E-state index in [-0.39, 0.29) is 0 Å². The number of fused-ring (bicyclic) bond motifs is 4. The third-order valence-electron chi connectivity index (χ3n) is 8.53. The number of likely N-dealkylation sites (N-methyl/N-ethyl adjacent to an activating group) is 1. The van der Waals surface area contributed by atoms with E-state index in [0.717, 1.165) is 63.8 Å². The Morgan fingerprint density at radius 3 is 2.40 bits per heavy atom. The fraction of sp³-hybridized carbons (Fsp3) is 0.216. The van der Waals surface area contributed by atoms with E-state index in [4.69, 9.17) is 64.1 Å². The van der Waals surface area contributed by atoms with Gasteiger partial charge >= 0.3 is 0 Å². The number of aromatic nitrogens is 3. The number of benzene rings is 3. The summed E-state index contributed by atoms with van der Waals surface area (Å²) in [6, 6.07) is 21.3. The molecule has 1 aliphatic carbocycles. The molecule has 7 rings (SSSR count). The predicted molar refractivity (Wildman–Crippen MR) is 193 cm³/mol. The Kier molecular flexibility index (Phi) is 8.81. The molecule has 0 spiro atoms. The van der Waals surface area contributed by atoms with Crippen LogP contribution in [0.5, 0.6) is 11.5 Å². The Bertz CT molecular complexity index is 2060. The summed E-state index contributed by atoms with van der Waals surface area (Å²) in [5.74, 6) is 4.04. The summed E-state index contributed by atoms with van der Waals surface area (Å²) in [5, 5.41) is 6.64. The molecule has 48 heavy (non-hydrogen) atoms. The lowest BCUT2D eigenvalue weighted by Crippen LogP contribution is -2.28.